The summed E-state index contributed by atoms with van der Waals surface area (Å²) in [4.78, 5) is 25.4. The molecule has 0 saturated heterocycles. The van der Waals surface area contributed by atoms with Crippen LogP contribution in [0.3, 0.4) is 0 Å². The Morgan fingerprint density at radius 2 is 1.44 bits per heavy atom. The average Bonchev–Trinajstić information content (AvgIpc) is 3.05. The molecule has 0 amide bonds. The van der Waals surface area contributed by atoms with Crippen molar-refractivity contribution in [3.63, 3.8) is 0 Å². The van der Waals surface area contributed by atoms with Gasteiger partial charge in [-0.15, -0.1) is 0 Å². The van der Waals surface area contributed by atoms with E-state index in [-0.39, 0.29) is 17.1 Å². The molecular formula is C24H21NO2. The molecule has 1 heterocycles. The Labute approximate surface area is 159 Å². The molecule has 2 aromatic carbocycles. The van der Waals surface area contributed by atoms with E-state index >= 15 is 0 Å². The third-order valence-corrected chi connectivity index (χ3v) is 5.27. The van der Waals surface area contributed by atoms with Crippen LogP contribution in [-0.4, -0.2) is 16.1 Å². The number of nitrogens with zero attached hydrogens (tertiary/aromatic N) is 1. The van der Waals surface area contributed by atoms with Crippen LogP contribution < -0.4 is 0 Å². The number of ketones is 2. The molecule has 0 spiro atoms. The summed E-state index contributed by atoms with van der Waals surface area (Å²) in [5.74, 6) is -0.376. The summed E-state index contributed by atoms with van der Waals surface area (Å²) in [6, 6.07) is 15.4. The van der Waals surface area contributed by atoms with Gasteiger partial charge >= 0.3 is 0 Å². The minimum atomic E-state index is -0.188. The molecule has 27 heavy (non-hydrogen) atoms. The van der Waals surface area contributed by atoms with Crippen molar-refractivity contribution < 1.29 is 9.59 Å². The highest BCUT2D eigenvalue weighted by Gasteiger charge is 2.32. The van der Waals surface area contributed by atoms with Gasteiger partial charge in [0.05, 0.1) is 5.57 Å². The second-order valence-corrected chi connectivity index (χ2v) is 7.21. The fraction of sp³-hybridized carbons (Fsp3) is 0.167. The standard InChI is InChI=1S/C24H21NO2/c1-14-9-10-22(15(2)11-14)25-16(3)12-18(17(25)4)13-21-23(26)19-7-5-6-8-20(19)24(21)27/h5-13H,1-4H3. The lowest BCUT2D eigenvalue weighted by Crippen LogP contribution is -2.03. The zero-order valence-electron chi connectivity index (χ0n) is 16.0. The monoisotopic (exact) mass is 355 g/mol. The number of hydrogen-bond donors (Lipinski definition) is 0. The first kappa shape index (κ1) is 17.2. The van der Waals surface area contributed by atoms with Crippen molar-refractivity contribution in [3.05, 3.63) is 93.3 Å². The van der Waals surface area contributed by atoms with Crippen molar-refractivity contribution in [2.75, 3.05) is 0 Å². The molecule has 3 aromatic rings. The zero-order valence-corrected chi connectivity index (χ0v) is 16.0. The first-order valence-corrected chi connectivity index (χ1v) is 9.05. The third kappa shape index (κ3) is 2.67. The van der Waals surface area contributed by atoms with Gasteiger partial charge in [-0.3, -0.25) is 9.59 Å². The number of Topliss-reactive ketones (excluding diaryl/α,β-unsaturated/α-hetero) is 2. The highest BCUT2D eigenvalue weighted by molar-refractivity contribution is 6.41. The van der Waals surface area contributed by atoms with E-state index in [1.165, 1.54) is 11.1 Å². The molecule has 0 atom stereocenters. The maximum Gasteiger partial charge on any atom is 0.197 e. The molecule has 0 saturated carbocycles. The molecule has 134 valence electrons. The van der Waals surface area contributed by atoms with E-state index in [0.717, 1.165) is 22.6 Å². The number of benzene rings is 2. The van der Waals surface area contributed by atoms with Gasteiger partial charge in [0.1, 0.15) is 0 Å². The van der Waals surface area contributed by atoms with E-state index in [0.29, 0.717) is 11.1 Å². The quantitative estimate of drug-likeness (QED) is 0.470. The Bertz CT molecular complexity index is 1110. The highest BCUT2D eigenvalue weighted by Crippen LogP contribution is 2.30. The molecule has 1 aliphatic rings. The van der Waals surface area contributed by atoms with Crippen LogP contribution in [0, 0.1) is 27.7 Å². The minimum Gasteiger partial charge on any atom is -0.318 e. The summed E-state index contributed by atoms with van der Waals surface area (Å²) in [5.41, 5.74) is 7.76. The van der Waals surface area contributed by atoms with Crippen LogP contribution in [-0.2, 0) is 0 Å². The minimum absolute atomic E-state index is 0.188. The van der Waals surface area contributed by atoms with Crippen LogP contribution in [0.2, 0.25) is 0 Å². The second-order valence-electron chi connectivity index (χ2n) is 7.21. The lowest BCUT2D eigenvalue weighted by Gasteiger charge is -2.13. The largest absolute Gasteiger partial charge is 0.318 e. The van der Waals surface area contributed by atoms with Crippen molar-refractivity contribution in [3.8, 4) is 5.69 Å². The average molecular weight is 355 g/mol. The zero-order chi connectivity index (χ0) is 19.3. The van der Waals surface area contributed by atoms with Crippen LogP contribution in [0.4, 0.5) is 0 Å². The van der Waals surface area contributed by atoms with E-state index in [1.54, 1.807) is 30.3 Å². The van der Waals surface area contributed by atoms with Gasteiger partial charge in [-0.1, -0.05) is 42.0 Å². The smallest absolute Gasteiger partial charge is 0.197 e. The van der Waals surface area contributed by atoms with Crippen LogP contribution in [0.15, 0.2) is 54.1 Å². The molecule has 0 bridgehead atoms. The van der Waals surface area contributed by atoms with Crippen molar-refractivity contribution in [1.29, 1.82) is 0 Å². The molecule has 3 nitrogen and oxygen atoms in total. The highest BCUT2D eigenvalue weighted by atomic mass is 16.2. The van der Waals surface area contributed by atoms with Gasteiger partial charge in [0.25, 0.3) is 0 Å². The normalized spacial score (nSPS) is 13.3. The second kappa shape index (κ2) is 6.20. The van der Waals surface area contributed by atoms with Gasteiger partial charge in [-0.25, -0.2) is 0 Å². The number of carbonyl (C=O) groups is 2. The number of aryl methyl sites for hydroxylation is 3. The third-order valence-electron chi connectivity index (χ3n) is 5.27. The fourth-order valence-electron chi connectivity index (χ4n) is 3.92. The number of carbonyl (C=O) groups excluding carboxylic acids is 2. The Kier molecular flexibility index (Phi) is 3.96. The molecule has 3 heteroatoms. The topological polar surface area (TPSA) is 39.1 Å². The van der Waals surface area contributed by atoms with Crippen LogP contribution in [0.25, 0.3) is 11.8 Å². The molecule has 0 N–H and O–H groups in total. The molecule has 0 unspecified atom stereocenters. The molecular weight excluding hydrogens is 334 g/mol. The Morgan fingerprint density at radius 3 is 2.04 bits per heavy atom. The van der Waals surface area contributed by atoms with E-state index in [4.69, 9.17) is 0 Å². The number of allylic oxidation sites excluding steroid dienone is 1. The van der Waals surface area contributed by atoms with Crippen molar-refractivity contribution in [1.82, 2.24) is 4.57 Å². The van der Waals surface area contributed by atoms with E-state index in [9.17, 15) is 9.59 Å². The summed E-state index contributed by atoms with van der Waals surface area (Å²) in [5, 5.41) is 0. The number of aromatic nitrogens is 1. The number of hydrogen-bond acceptors (Lipinski definition) is 2. The van der Waals surface area contributed by atoms with E-state index in [1.807, 2.05) is 19.9 Å². The lowest BCUT2D eigenvalue weighted by molar-refractivity contribution is 0.0990. The van der Waals surface area contributed by atoms with Crippen LogP contribution in [0.1, 0.15) is 48.8 Å². The SMILES string of the molecule is Cc1ccc(-n2c(C)cc(C=C3C(=O)c4ccccc4C3=O)c2C)c(C)c1. The first-order valence-electron chi connectivity index (χ1n) is 9.05. The maximum atomic E-state index is 12.7. The van der Waals surface area contributed by atoms with E-state index in [2.05, 4.69) is 36.6 Å². The molecule has 1 aromatic heterocycles. The van der Waals surface area contributed by atoms with Gasteiger partial charge in [-0.05, 0) is 57.0 Å². The van der Waals surface area contributed by atoms with Crippen molar-refractivity contribution in [2.24, 2.45) is 0 Å². The van der Waals surface area contributed by atoms with Crippen LogP contribution in [0.5, 0.6) is 0 Å². The fourth-order valence-corrected chi connectivity index (χ4v) is 3.92. The summed E-state index contributed by atoms with van der Waals surface area (Å²) in [7, 11) is 0. The van der Waals surface area contributed by atoms with Crippen molar-refractivity contribution in [2.45, 2.75) is 27.7 Å². The Morgan fingerprint density at radius 1 is 0.815 bits per heavy atom. The Hall–Kier alpha value is -3.20. The predicted molar refractivity (Wildman–Crippen MR) is 108 cm³/mol. The van der Waals surface area contributed by atoms with Gasteiger partial charge in [0, 0.05) is 28.2 Å². The molecule has 4 rings (SSSR count). The molecule has 0 fully saturated rings. The van der Waals surface area contributed by atoms with Gasteiger partial charge in [0.15, 0.2) is 11.6 Å². The van der Waals surface area contributed by atoms with Crippen LogP contribution >= 0.6 is 0 Å². The van der Waals surface area contributed by atoms with Gasteiger partial charge in [0.2, 0.25) is 0 Å². The summed E-state index contributed by atoms with van der Waals surface area (Å²) >= 11 is 0. The number of fused-ring (bicyclic) bond motifs is 1. The Balaban J connectivity index is 1.83. The molecule has 1 aliphatic carbocycles. The predicted octanol–water partition coefficient (Wildman–Crippen LogP) is 5.17. The van der Waals surface area contributed by atoms with E-state index < -0.39 is 0 Å². The first-order chi connectivity index (χ1) is 12.9. The maximum absolute atomic E-state index is 12.7. The summed E-state index contributed by atoms with van der Waals surface area (Å²) in [6.45, 7) is 8.24. The molecule has 0 aliphatic heterocycles. The van der Waals surface area contributed by atoms with Crippen molar-refractivity contribution >= 4 is 17.6 Å². The lowest BCUT2D eigenvalue weighted by atomic mass is 10.1. The summed E-state index contributed by atoms with van der Waals surface area (Å²) < 4.78 is 2.18. The summed E-state index contributed by atoms with van der Waals surface area (Å²) in [6.07, 6.45) is 1.74. The van der Waals surface area contributed by atoms with Gasteiger partial charge < -0.3 is 4.57 Å². The number of rotatable bonds is 2. The molecule has 0 radical (unpaired) electrons. The van der Waals surface area contributed by atoms with Gasteiger partial charge in [-0.2, -0.15) is 0 Å².